The third kappa shape index (κ3) is 1.27. The number of halogens is 1. The third-order valence-corrected chi connectivity index (χ3v) is 3.56. The Kier molecular flexibility index (Phi) is 2.35. The standard InChI is InChI=1S/C10H14ClN3/c1-10(7-5-3-2-4-6-7)8(11)13-14-9(10)12/h5H,2-4,6H2,1H3,(H2,12,14). The van der Waals surface area contributed by atoms with Crippen LogP contribution in [-0.4, -0.2) is 11.0 Å². The Labute approximate surface area is 88.7 Å². The predicted molar refractivity (Wildman–Crippen MR) is 59.6 cm³/mol. The number of amidine groups is 1. The Morgan fingerprint density at radius 3 is 2.71 bits per heavy atom. The molecule has 1 unspecified atom stereocenters. The molecule has 3 nitrogen and oxygen atoms in total. The normalized spacial score (nSPS) is 32.3. The molecule has 2 aliphatic rings. The van der Waals surface area contributed by atoms with Gasteiger partial charge in [0.05, 0.1) is 0 Å². The second-order valence-corrected chi connectivity index (χ2v) is 4.33. The smallest absolute Gasteiger partial charge is 0.146 e. The van der Waals surface area contributed by atoms with Crippen molar-refractivity contribution < 1.29 is 0 Å². The van der Waals surface area contributed by atoms with Crippen LogP contribution in [0.5, 0.6) is 0 Å². The van der Waals surface area contributed by atoms with E-state index in [4.69, 9.17) is 17.3 Å². The van der Waals surface area contributed by atoms with E-state index < -0.39 is 5.41 Å². The quantitative estimate of drug-likeness (QED) is 0.666. The second-order valence-electron chi connectivity index (χ2n) is 3.98. The average Bonchev–Trinajstić information content (AvgIpc) is 2.49. The molecule has 0 saturated carbocycles. The first-order valence-electron chi connectivity index (χ1n) is 4.93. The highest BCUT2D eigenvalue weighted by Crippen LogP contribution is 2.39. The number of nitrogens with two attached hydrogens (primary N) is 1. The molecular formula is C10H14ClN3. The van der Waals surface area contributed by atoms with E-state index in [1.54, 1.807) is 0 Å². The van der Waals surface area contributed by atoms with E-state index in [0.29, 0.717) is 11.0 Å². The first-order chi connectivity index (χ1) is 6.65. The summed E-state index contributed by atoms with van der Waals surface area (Å²) in [5.74, 6) is 0.524. The van der Waals surface area contributed by atoms with Gasteiger partial charge in [0.1, 0.15) is 16.4 Å². The molecule has 76 valence electrons. The SMILES string of the molecule is CC1(C2=CCCCC2)C(N)=NN=C1Cl. The molecule has 1 aliphatic carbocycles. The maximum absolute atomic E-state index is 6.06. The Morgan fingerprint density at radius 1 is 1.43 bits per heavy atom. The third-order valence-electron chi connectivity index (χ3n) is 3.10. The van der Waals surface area contributed by atoms with E-state index in [-0.39, 0.29) is 0 Å². The van der Waals surface area contributed by atoms with Crippen molar-refractivity contribution in [3.63, 3.8) is 0 Å². The fraction of sp³-hybridized carbons (Fsp3) is 0.600. The van der Waals surface area contributed by atoms with Gasteiger partial charge in [0.2, 0.25) is 0 Å². The number of rotatable bonds is 1. The topological polar surface area (TPSA) is 50.7 Å². The van der Waals surface area contributed by atoms with Crippen LogP contribution < -0.4 is 5.73 Å². The van der Waals surface area contributed by atoms with E-state index in [2.05, 4.69) is 16.3 Å². The van der Waals surface area contributed by atoms with Crippen molar-refractivity contribution in [2.24, 2.45) is 21.4 Å². The zero-order valence-corrected chi connectivity index (χ0v) is 9.01. The molecule has 0 fully saturated rings. The van der Waals surface area contributed by atoms with Crippen molar-refractivity contribution in [3.8, 4) is 0 Å². The molecule has 1 aliphatic heterocycles. The average molecular weight is 212 g/mol. The van der Waals surface area contributed by atoms with E-state index >= 15 is 0 Å². The van der Waals surface area contributed by atoms with Crippen LogP contribution in [0.1, 0.15) is 32.6 Å². The molecule has 0 radical (unpaired) electrons. The van der Waals surface area contributed by atoms with Crippen LogP contribution in [0, 0.1) is 5.41 Å². The molecule has 0 aromatic heterocycles. The molecule has 1 atom stereocenters. The van der Waals surface area contributed by atoms with Crippen molar-refractivity contribution in [1.29, 1.82) is 0 Å². The van der Waals surface area contributed by atoms with Gasteiger partial charge in [-0.25, -0.2) is 0 Å². The van der Waals surface area contributed by atoms with Crippen LogP contribution in [0.4, 0.5) is 0 Å². The summed E-state index contributed by atoms with van der Waals surface area (Å²) < 4.78 is 0. The summed E-state index contributed by atoms with van der Waals surface area (Å²) >= 11 is 6.06. The lowest BCUT2D eigenvalue weighted by atomic mass is 9.77. The van der Waals surface area contributed by atoms with E-state index in [1.165, 1.54) is 18.4 Å². The highest BCUT2D eigenvalue weighted by molar-refractivity contribution is 6.69. The summed E-state index contributed by atoms with van der Waals surface area (Å²) in [6, 6.07) is 0. The zero-order chi connectivity index (χ0) is 10.2. The molecule has 0 aromatic carbocycles. The van der Waals surface area contributed by atoms with E-state index in [9.17, 15) is 0 Å². The lowest BCUT2D eigenvalue weighted by Crippen LogP contribution is -2.38. The minimum absolute atomic E-state index is 0.415. The molecule has 0 bridgehead atoms. The molecule has 0 amide bonds. The summed E-state index contributed by atoms with van der Waals surface area (Å²) in [7, 11) is 0. The van der Waals surface area contributed by atoms with Crippen LogP contribution in [0.25, 0.3) is 0 Å². The van der Waals surface area contributed by atoms with E-state index in [1.807, 2.05) is 6.92 Å². The molecule has 4 heteroatoms. The molecule has 0 aromatic rings. The van der Waals surface area contributed by atoms with Gasteiger partial charge in [0, 0.05) is 0 Å². The molecule has 2 rings (SSSR count). The van der Waals surface area contributed by atoms with Crippen molar-refractivity contribution in [2.75, 3.05) is 0 Å². The van der Waals surface area contributed by atoms with E-state index in [0.717, 1.165) is 12.8 Å². The monoisotopic (exact) mass is 211 g/mol. The maximum Gasteiger partial charge on any atom is 0.146 e. The van der Waals surface area contributed by atoms with Gasteiger partial charge in [0.15, 0.2) is 0 Å². The number of hydrogen-bond acceptors (Lipinski definition) is 3. The van der Waals surface area contributed by atoms with Crippen molar-refractivity contribution in [3.05, 3.63) is 11.6 Å². The summed E-state index contributed by atoms with van der Waals surface area (Å²) in [6.07, 6.45) is 6.86. The van der Waals surface area contributed by atoms with Crippen molar-refractivity contribution in [2.45, 2.75) is 32.6 Å². The Bertz CT molecular complexity index is 323. The minimum atomic E-state index is -0.415. The number of allylic oxidation sites excluding steroid dienone is 1. The second kappa shape index (κ2) is 3.39. The van der Waals surface area contributed by atoms with Crippen molar-refractivity contribution in [1.82, 2.24) is 0 Å². The highest BCUT2D eigenvalue weighted by Gasteiger charge is 2.41. The lowest BCUT2D eigenvalue weighted by molar-refractivity contribution is 0.621. The summed E-state index contributed by atoms with van der Waals surface area (Å²) in [4.78, 5) is 0. The predicted octanol–water partition coefficient (Wildman–Crippen LogP) is 2.42. The molecule has 0 spiro atoms. The molecule has 2 N–H and O–H groups in total. The largest absolute Gasteiger partial charge is 0.385 e. The number of hydrogen-bond donors (Lipinski definition) is 1. The summed E-state index contributed by atoms with van der Waals surface area (Å²) in [5, 5.41) is 8.21. The summed E-state index contributed by atoms with van der Waals surface area (Å²) in [5.41, 5.74) is 6.70. The van der Waals surface area contributed by atoms with Gasteiger partial charge in [-0.2, -0.15) is 0 Å². The van der Waals surface area contributed by atoms with Gasteiger partial charge >= 0.3 is 0 Å². The first kappa shape index (κ1) is 9.71. The molecule has 1 heterocycles. The Morgan fingerprint density at radius 2 is 2.21 bits per heavy atom. The zero-order valence-electron chi connectivity index (χ0n) is 8.26. The maximum atomic E-state index is 6.06. The van der Waals surface area contributed by atoms with Crippen molar-refractivity contribution >= 4 is 22.6 Å². The van der Waals surface area contributed by atoms with Gasteiger partial charge in [0.25, 0.3) is 0 Å². The molecule has 0 saturated heterocycles. The highest BCUT2D eigenvalue weighted by atomic mass is 35.5. The molecular weight excluding hydrogens is 198 g/mol. The Balaban J connectivity index is 2.36. The van der Waals surface area contributed by atoms with Gasteiger partial charge in [-0.1, -0.05) is 23.3 Å². The van der Waals surface area contributed by atoms with Gasteiger partial charge < -0.3 is 5.73 Å². The molecule has 14 heavy (non-hydrogen) atoms. The van der Waals surface area contributed by atoms with Crippen LogP contribution in [0.2, 0.25) is 0 Å². The lowest BCUT2D eigenvalue weighted by Gasteiger charge is -2.28. The fourth-order valence-corrected chi connectivity index (χ4v) is 2.25. The van der Waals surface area contributed by atoms with Gasteiger partial charge in [-0.3, -0.25) is 0 Å². The summed E-state index contributed by atoms with van der Waals surface area (Å²) in [6.45, 7) is 2.00. The fourth-order valence-electron chi connectivity index (χ4n) is 1.99. The first-order valence-corrected chi connectivity index (χ1v) is 5.30. The van der Waals surface area contributed by atoms with Gasteiger partial charge in [-0.15, -0.1) is 10.2 Å². The van der Waals surface area contributed by atoms with Crippen LogP contribution in [0.3, 0.4) is 0 Å². The minimum Gasteiger partial charge on any atom is -0.385 e. The van der Waals surface area contributed by atoms with Crippen LogP contribution >= 0.6 is 11.6 Å². The van der Waals surface area contributed by atoms with Gasteiger partial charge in [-0.05, 0) is 32.6 Å². The van der Waals surface area contributed by atoms with Crippen LogP contribution in [-0.2, 0) is 0 Å². The number of nitrogens with zero attached hydrogens (tertiary/aromatic N) is 2. The Hall–Kier alpha value is -0.830. The van der Waals surface area contributed by atoms with Crippen LogP contribution in [0.15, 0.2) is 21.9 Å².